The van der Waals surface area contributed by atoms with Gasteiger partial charge in [-0.05, 0) is 36.5 Å². The Morgan fingerprint density at radius 1 is 0.895 bits per heavy atom. The summed E-state index contributed by atoms with van der Waals surface area (Å²) in [6.07, 6.45) is 14.0. The molecule has 2 fully saturated rings. The van der Waals surface area contributed by atoms with Gasteiger partial charge in [-0.25, -0.2) is 0 Å². The van der Waals surface area contributed by atoms with Crippen molar-refractivity contribution in [3.8, 4) is 0 Å². The van der Waals surface area contributed by atoms with E-state index in [9.17, 15) is 4.79 Å². The fraction of sp³-hybridized carbons (Fsp3) is 0.944. The Morgan fingerprint density at radius 2 is 1.53 bits per heavy atom. The van der Waals surface area contributed by atoms with Gasteiger partial charge in [0.05, 0.1) is 0 Å². The second-order valence-corrected chi connectivity index (χ2v) is 7.25. The third kappa shape index (κ3) is 4.93. The van der Waals surface area contributed by atoms with Crippen molar-refractivity contribution in [3.63, 3.8) is 0 Å². The number of carbonyl (C=O) groups excluding carboxylic acids is 1. The molecule has 0 amide bonds. The number of carbonyl (C=O) groups is 1. The molecule has 2 saturated carbocycles. The van der Waals surface area contributed by atoms with Crippen molar-refractivity contribution in [1.29, 1.82) is 0 Å². The Morgan fingerprint density at radius 3 is 2.26 bits per heavy atom. The summed E-state index contributed by atoms with van der Waals surface area (Å²) in [7, 11) is 0. The standard InChI is InChI=1S/C18H32O/c1-14-12-17(19)11-9-7-5-3-4-6-8-10-16-13-18(16)15(14)2/h14-16,18H,3-13H2,1-2H3. The van der Waals surface area contributed by atoms with Crippen molar-refractivity contribution >= 4 is 5.78 Å². The Bertz CT molecular complexity index is 283. The predicted molar refractivity (Wildman–Crippen MR) is 81.1 cm³/mol. The van der Waals surface area contributed by atoms with Crippen molar-refractivity contribution in [2.24, 2.45) is 23.7 Å². The molecule has 1 heteroatoms. The molecule has 0 saturated heterocycles. The zero-order valence-electron chi connectivity index (χ0n) is 13.0. The lowest BCUT2D eigenvalue weighted by Gasteiger charge is -2.19. The van der Waals surface area contributed by atoms with Crippen LogP contribution < -0.4 is 0 Å². The number of fused-ring (bicyclic) bond motifs is 1. The van der Waals surface area contributed by atoms with Crippen molar-refractivity contribution in [2.45, 2.75) is 84.5 Å². The van der Waals surface area contributed by atoms with E-state index in [4.69, 9.17) is 0 Å². The number of Topliss-reactive ketones (excluding diaryl/α,β-unsaturated/α-hetero) is 1. The molecule has 0 aromatic carbocycles. The number of hydrogen-bond donors (Lipinski definition) is 0. The summed E-state index contributed by atoms with van der Waals surface area (Å²) >= 11 is 0. The van der Waals surface area contributed by atoms with Crippen LogP contribution in [0, 0.1) is 23.7 Å². The summed E-state index contributed by atoms with van der Waals surface area (Å²) in [6.45, 7) is 4.69. The highest BCUT2D eigenvalue weighted by atomic mass is 16.1. The van der Waals surface area contributed by atoms with Crippen molar-refractivity contribution in [2.75, 3.05) is 0 Å². The van der Waals surface area contributed by atoms with Crippen LogP contribution in [0.1, 0.15) is 84.5 Å². The molecular weight excluding hydrogens is 232 g/mol. The quantitative estimate of drug-likeness (QED) is 0.574. The molecule has 2 rings (SSSR count). The van der Waals surface area contributed by atoms with E-state index in [-0.39, 0.29) is 0 Å². The average Bonchev–Trinajstić information content (AvgIpc) is 3.14. The van der Waals surface area contributed by atoms with Gasteiger partial charge in [0.1, 0.15) is 5.78 Å². The molecule has 0 aromatic rings. The smallest absolute Gasteiger partial charge is 0.133 e. The van der Waals surface area contributed by atoms with Crippen LogP contribution in [-0.2, 0) is 4.79 Å². The van der Waals surface area contributed by atoms with Crippen molar-refractivity contribution in [1.82, 2.24) is 0 Å². The maximum atomic E-state index is 12.0. The predicted octanol–water partition coefficient (Wildman–Crippen LogP) is 5.38. The monoisotopic (exact) mass is 264 g/mol. The molecule has 1 nitrogen and oxygen atoms in total. The van der Waals surface area contributed by atoms with Crippen LogP contribution in [0.2, 0.25) is 0 Å². The molecule has 0 bridgehead atoms. The number of hydrogen-bond acceptors (Lipinski definition) is 1. The SMILES string of the molecule is CC1CC(=O)CCCCCCCCCC2CC2C1C. The Hall–Kier alpha value is -0.330. The maximum Gasteiger partial charge on any atom is 0.133 e. The van der Waals surface area contributed by atoms with Crippen LogP contribution in [-0.4, -0.2) is 5.78 Å². The molecule has 19 heavy (non-hydrogen) atoms. The van der Waals surface area contributed by atoms with Gasteiger partial charge in [-0.2, -0.15) is 0 Å². The minimum Gasteiger partial charge on any atom is -0.300 e. The topological polar surface area (TPSA) is 17.1 Å². The summed E-state index contributed by atoms with van der Waals surface area (Å²) in [5.74, 6) is 3.82. The normalized spacial score (nSPS) is 38.9. The summed E-state index contributed by atoms with van der Waals surface area (Å²) in [6, 6.07) is 0. The lowest BCUT2D eigenvalue weighted by atomic mass is 9.85. The fourth-order valence-electron chi connectivity index (χ4n) is 3.93. The molecule has 4 atom stereocenters. The van der Waals surface area contributed by atoms with E-state index >= 15 is 0 Å². The molecule has 0 spiro atoms. The van der Waals surface area contributed by atoms with Crippen LogP contribution in [0.5, 0.6) is 0 Å². The summed E-state index contributed by atoms with van der Waals surface area (Å²) in [5.41, 5.74) is 0. The van der Waals surface area contributed by atoms with Gasteiger partial charge in [0.2, 0.25) is 0 Å². The molecule has 2 aliphatic carbocycles. The zero-order valence-corrected chi connectivity index (χ0v) is 13.0. The van der Waals surface area contributed by atoms with Crippen LogP contribution in [0.4, 0.5) is 0 Å². The van der Waals surface area contributed by atoms with E-state index in [1.807, 2.05) is 0 Å². The van der Waals surface area contributed by atoms with E-state index in [0.29, 0.717) is 11.7 Å². The maximum absolute atomic E-state index is 12.0. The highest BCUT2D eigenvalue weighted by molar-refractivity contribution is 5.78. The van der Waals surface area contributed by atoms with Gasteiger partial charge in [-0.15, -0.1) is 0 Å². The largest absolute Gasteiger partial charge is 0.300 e. The summed E-state index contributed by atoms with van der Waals surface area (Å²) < 4.78 is 0. The minimum atomic E-state index is 0.520. The Balaban J connectivity index is 1.82. The van der Waals surface area contributed by atoms with Gasteiger partial charge in [0.15, 0.2) is 0 Å². The van der Waals surface area contributed by atoms with E-state index in [2.05, 4.69) is 13.8 Å². The van der Waals surface area contributed by atoms with Gasteiger partial charge in [0, 0.05) is 12.8 Å². The first-order chi connectivity index (χ1) is 9.18. The van der Waals surface area contributed by atoms with Gasteiger partial charge in [-0.1, -0.05) is 58.8 Å². The third-order valence-electron chi connectivity index (χ3n) is 5.63. The lowest BCUT2D eigenvalue weighted by Crippen LogP contribution is -2.15. The molecule has 0 radical (unpaired) electrons. The third-order valence-corrected chi connectivity index (χ3v) is 5.63. The lowest BCUT2D eigenvalue weighted by molar-refractivity contribution is -0.120. The fourth-order valence-corrected chi connectivity index (χ4v) is 3.93. The number of rotatable bonds is 0. The molecule has 2 aliphatic rings. The Labute approximate surface area is 119 Å². The van der Waals surface area contributed by atoms with Crippen molar-refractivity contribution < 1.29 is 4.79 Å². The second kappa shape index (κ2) is 7.45. The van der Waals surface area contributed by atoms with Gasteiger partial charge in [-0.3, -0.25) is 4.79 Å². The molecule has 0 heterocycles. The molecule has 110 valence electrons. The number of ketones is 1. The first-order valence-corrected chi connectivity index (χ1v) is 8.70. The van der Waals surface area contributed by atoms with Crippen LogP contribution in [0.15, 0.2) is 0 Å². The van der Waals surface area contributed by atoms with Crippen molar-refractivity contribution in [3.05, 3.63) is 0 Å². The highest BCUT2D eigenvalue weighted by Crippen LogP contribution is 2.50. The first-order valence-electron chi connectivity index (χ1n) is 8.70. The first kappa shape index (κ1) is 15.1. The zero-order chi connectivity index (χ0) is 13.7. The summed E-state index contributed by atoms with van der Waals surface area (Å²) in [5, 5.41) is 0. The molecule has 0 aromatic heterocycles. The Kier molecular flexibility index (Phi) is 5.91. The van der Waals surface area contributed by atoms with Crippen LogP contribution >= 0.6 is 0 Å². The second-order valence-electron chi connectivity index (χ2n) is 7.25. The summed E-state index contributed by atoms with van der Waals surface area (Å²) in [4.78, 5) is 12.0. The average molecular weight is 264 g/mol. The van der Waals surface area contributed by atoms with E-state index in [0.717, 1.165) is 37.0 Å². The van der Waals surface area contributed by atoms with E-state index in [1.165, 1.54) is 51.4 Å². The molecule has 0 aliphatic heterocycles. The molecular formula is C18H32O. The van der Waals surface area contributed by atoms with Crippen LogP contribution in [0.3, 0.4) is 0 Å². The highest BCUT2D eigenvalue weighted by Gasteiger charge is 2.41. The molecule has 4 unspecified atom stereocenters. The van der Waals surface area contributed by atoms with Gasteiger partial charge in [0.25, 0.3) is 0 Å². The van der Waals surface area contributed by atoms with Gasteiger partial charge >= 0.3 is 0 Å². The minimum absolute atomic E-state index is 0.520. The molecule has 0 N–H and O–H groups in total. The van der Waals surface area contributed by atoms with E-state index in [1.54, 1.807) is 0 Å². The van der Waals surface area contributed by atoms with Gasteiger partial charge < -0.3 is 0 Å². The van der Waals surface area contributed by atoms with E-state index < -0.39 is 0 Å². The van der Waals surface area contributed by atoms with Crippen LogP contribution in [0.25, 0.3) is 0 Å².